The topological polar surface area (TPSA) is 69.0 Å². The maximum atomic E-state index is 12.3. The van der Waals surface area contributed by atoms with Crippen molar-refractivity contribution in [2.24, 2.45) is 5.92 Å². The van der Waals surface area contributed by atoms with Crippen molar-refractivity contribution in [2.45, 2.75) is 45.1 Å². The van der Waals surface area contributed by atoms with Crippen LogP contribution in [-0.2, 0) is 11.3 Å². The monoisotopic (exact) mass is 330 g/mol. The van der Waals surface area contributed by atoms with Crippen molar-refractivity contribution in [3.8, 4) is 6.07 Å². The van der Waals surface area contributed by atoms with Crippen LogP contribution in [-0.4, -0.2) is 27.4 Å². The lowest BCUT2D eigenvalue weighted by Gasteiger charge is -2.27. The van der Waals surface area contributed by atoms with Crippen molar-refractivity contribution in [1.82, 2.24) is 15.2 Å². The molecule has 23 heavy (non-hydrogen) atoms. The van der Waals surface area contributed by atoms with Crippen molar-refractivity contribution in [3.63, 3.8) is 0 Å². The van der Waals surface area contributed by atoms with Crippen molar-refractivity contribution in [3.05, 3.63) is 30.1 Å². The minimum atomic E-state index is 0.0165. The molecule has 1 amide bonds. The molecule has 1 aliphatic rings. The molecule has 0 aliphatic heterocycles. The number of rotatable bonds is 5. The minimum Gasteiger partial charge on any atom is -0.344 e. The molecule has 0 atom stereocenters. The highest BCUT2D eigenvalue weighted by Crippen LogP contribution is 2.23. The first-order chi connectivity index (χ1) is 11.2. The van der Waals surface area contributed by atoms with Gasteiger partial charge in [-0.15, -0.1) is 0 Å². The fourth-order valence-electron chi connectivity index (χ4n) is 2.80. The highest BCUT2D eigenvalue weighted by Gasteiger charge is 2.23. The first-order valence-corrected chi connectivity index (χ1v) is 8.47. The summed E-state index contributed by atoms with van der Waals surface area (Å²) >= 11 is 5.40. The first-order valence-electron chi connectivity index (χ1n) is 8.06. The molecule has 2 rings (SSSR count). The number of pyridine rings is 1. The Kier molecular flexibility index (Phi) is 6.95. The summed E-state index contributed by atoms with van der Waals surface area (Å²) in [6, 6.07) is 5.94. The van der Waals surface area contributed by atoms with Crippen LogP contribution in [0.15, 0.2) is 24.5 Å². The van der Waals surface area contributed by atoms with Gasteiger partial charge < -0.3 is 10.2 Å². The summed E-state index contributed by atoms with van der Waals surface area (Å²) in [6.45, 7) is 1.04. The van der Waals surface area contributed by atoms with Crippen LogP contribution in [0.3, 0.4) is 0 Å². The predicted molar refractivity (Wildman–Crippen MR) is 92.2 cm³/mol. The SMILES string of the molecule is N#CCCN(Cc1cccnc1)C(=S)NC(=O)C1CCCCC1. The molecule has 1 aliphatic carbocycles. The molecule has 0 saturated heterocycles. The van der Waals surface area contributed by atoms with E-state index in [9.17, 15) is 4.79 Å². The molecule has 5 nitrogen and oxygen atoms in total. The van der Waals surface area contributed by atoms with E-state index < -0.39 is 0 Å². The average molecular weight is 330 g/mol. The average Bonchev–Trinajstić information content (AvgIpc) is 2.60. The normalized spacial score (nSPS) is 14.7. The van der Waals surface area contributed by atoms with Crippen LogP contribution < -0.4 is 5.32 Å². The summed E-state index contributed by atoms with van der Waals surface area (Å²) in [7, 11) is 0. The second kappa shape index (κ2) is 9.21. The largest absolute Gasteiger partial charge is 0.344 e. The molecule has 6 heteroatoms. The van der Waals surface area contributed by atoms with Gasteiger partial charge in [-0.3, -0.25) is 9.78 Å². The van der Waals surface area contributed by atoms with Gasteiger partial charge in [0.2, 0.25) is 5.91 Å². The van der Waals surface area contributed by atoms with Gasteiger partial charge in [-0.1, -0.05) is 25.3 Å². The maximum absolute atomic E-state index is 12.3. The maximum Gasteiger partial charge on any atom is 0.229 e. The van der Waals surface area contributed by atoms with Crippen LogP contribution in [0.5, 0.6) is 0 Å². The van der Waals surface area contributed by atoms with Gasteiger partial charge in [-0.05, 0) is 36.7 Å². The van der Waals surface area contributed by atoms with E-state index in [2.05, 4.69) is 16.4 Å². The van der Waals surface area contributed by atoms with E-state index in [1.165, 1.54) is 6.42 Å². The number of aromatic nitrogens is 1. The number of hydrogen-bond acceptors (Lipinski definition) is 4. The molecule has 0 radical (unpaired) electrons. The Hall–Kier alpha value is -2.00. The van der Waals surface area contributed by atoms with E-state index in [-0.39, 0.29) is 11.8 Å². The third-order valence-electron chi connectivity index (χ3n) is 4.08. The number of amides is 1. The molecule has 0 bridgehead atoms. The number of carbonyl (C=O) groups is 1. The standard InChI is InChI=1S/C17H22N4OS/c18-9-5-11-21(13-14-6-4-10-19-12-14)17(23)20-16(22)15-7-2-1-3-8-15/h4,6,10,12,15H,1-3,5,7-8,11,13H2,(H,20,22,23). The Morgan fingerprint density at radius 2 is 2.22 bits per heavy atom. The molecule has 0 unspecified atom stereocenters. The second-order valence-corrected chi connectivity index (χ2v) is 6.21. The molecule has 1 aromatic rings. The third kappa shape index (κ3) is 5.61. The van der Waals surface area contributed by atoms with Crippen molar-refractivity contribution in [2.75, 3.05) is 6.54 Å². The zero-order valence-corrected chi connectivity index (χ0v) is 14.0. The van der Waals surface area contributed by atoms with E-state index in [1.807, 2.05) is 17.0 Å². The zero-order valence-electron chi connectivity index (χ0n) is 13.2. The fraction of sp³-hybridized carbons (Fsp3) is 0.529. The van der Waals surface area contributed by atoms with Gasteiger partial charge in [0.05, 0.1) is 12.5 Å². The minimum absolute atomic E-state index is 0.0165. The molecule has 0 spiro atoms. The van der Waals surface area contributed by atoms with E-state index in [4.69, 9.17) is 17.5 Å². The Bertz CT molecular complexity index is 564. The Morgan fingerprint density at radius 3 is 2.87 bits per heavy atom. The Labute approximate surface area is 142 Å². The molecule has 1 saturated carbocycles. The van der Waals surface area contributed by atoms with Crippen molar-refractivity contribution in [1.29, 1.82) is 5.26 Å². The second-order valence-electron chi connectivity index (χ2n) is 5.82. The first kappa shape index (κ1) is 17.4. The number of nitriles is 1. The van der Waals surface area contributed by atoms with Crippen LogP contribution in [0.1, 0.15) is 44.1 Å². The summed E-state index contributed by atoms with van der Waals surface area (Å²) < 4.78 is 0. The van der Waals surface area contributed by atoms with Gasteiger partial charge in [-0.2, -0.15) is 5.26 Å². The van der Waals surface area contributed by atoms with Gasteiger partial charge in [0.1, 0.15) is 0 Å². The molecule has 122 valence electrons. The predicted octanol–water partition coefficient (Wildman–Crippen LogP) is 2.78. The Morgan fingerprint density at radius 1 is 1.43 bits per heavy atom. The summed E-state index contributed by atoms with van der Waals surface area (Å²) in [5.74, 6) is 0.0840. The van der Waals surface area contributed by atoms with Gasteiger partial charge >= 0.3 is 0 Å². The van der Waals surface area contributed by atoms with Gasteiger partial charge in [0, 0.05) is 31.4 Å². The molecular weight excluding hydrogens is 308 g/mol. The lowest BCUT2D eigenvalue weighted by atomic mass is 9.89. The molecule has 1 fully saturated rings. The summed E-state index contributed by atoms with van der Waals surface area (Å²) in [5.41, 5.74) is 1.000. The summed E-state index contributed by atoms with van der Waals surface area (Å²) in [6.07, 6.45) is 9.16. The number of nitrogens with one attached hydrogen (secondary N) is 1. The summed E-state index contributed by atoms with van der Waals surface area (Å²) in [5, 5.41) is 12.1. The van der Waals surface area contributed by atoms with Crippen LogP contribution in [0.25, 0.3) is 0 Å². The lowest BCUT2D eigenvalue weighted by molar-refractivity contribution is -0.124. The molecule has 1 heterocycles. The van der Waals surface area contributed by atoms with Crippen LogP contribution in [0.4, 0.5) is 0 Å². The fourth-order valence-corrected chi connectivity index (χ4v) is 3.06. The Balaban J connectivity index is 1.95. The highest BCUT2D eigenvalue weighted by molar-refractivity contribution is 7.80. The van der Waals surface area contributed by atoms with Crippen LogP contribution >= 0.6 is 12.2 Å². The number of thiocarbonyl (C=S) groups is 1. The van der Waals surface area contributed by atoms with Crippen molar-refractivity contribution >= 4 is 23.2 Å². The number of nitrogens with zero attached hydrogens (tertiary/aromatic N) is 3. The van der Waals surface area contributed by atoms with E-state index in [0.29, 0.717) is 24.6 Å². The number of carbonyl (C=O) groups excluding carboxylic acids is 1. The molecule has 0 aromatic carbocycles. The molecular formula is C17H22N4OS. The quantitative estimate of drug-likeness (QED) is 0.841. The number of hydrogen-bond donors (Lipinski definition) is 1. The third-order valence-corrected chi connectivity index (χ3v) is 4.44. The van der Waals surface area contributed by atoms with E-state index in [1.54, 1.807) is 12.4 Å². The lowest BCUT2D eigenvalue weighted by Crippen LogP contribution is -2.45. The van der Waals surface area contributed by atoms with E-state index in [0.717, 1.165) is 31.2 Å². The molecule has 1 aromatic heterocycles. The zero-order chi connectivity index (χ0) is 16.5. The van der Waals surface area contributed by atoms with Gasteiger partial charge in [-0.25, -0.2) is 0 Å². The van der Waals surface area contributed by atoms with Crippen LogP contribution in [0, 0.1) is 17.2 Å². The smallest absolute Gasteiger partial charge is 0.229 e. The molecule has 1 N–H and O–H groups in total. The van der Waals surface area contributed by atoms with Gasteiger partial charge in [0.15, 0.2) is 5.11 Å². The van der Waals surface area contributed by atoms with Crippen LogP contribution in [0.2, 0.25) is 0 Å². The summed E-state index contributed by atoms with van der Waals surface area (Å²) in [4.78, 5) is 18.3. The van der Waals surface area contributed by atoms with Crippen molar-refractivity contribution < 1.29 is 4.79 Å². The highest BCUT2D eigenvalue weighted by atomic mass is 32.1. The van der Waals surface area contributed by atoms with E-state index >= 15 is 0 Å². The van der Waals surface area contributed by atoms with Gasteiger partial charge in [0.25, 0.3) is 0 Å².